The lowest BCUT2D eigenvalue weighted by Gasteiger charge is -2.17. The first-order valence-electron chi connectivity index (χ1n) is 5.83. The molecule has 1 heterocycles. The fraction of sp³-hybridized carbons (Fsp3) is 0.250. The smallest absolute Gasteiger partial charge is 0.262 e. The highest BCUT2D eigenvalue weighted by atomic mass is 32.2. The van der Waals surface area contributed by atoms with Crippen molar-refractivity contribution in [1.29, 1.82) is 0 Å². The van der Waals surface area contributed by atoms with Gasteiger partial charge in [-0.05, 0) is 17.7 Å². The van der Waals surface area contributed by atoms with Crippen LogP contribution < -0.4 is 5.73 Å². The van der Waals surface area contributed by atoms with Crippen LogP contribution in [0.5, 0.6) is 5.75 Å². The highest BCUT2D eigenvalue weighted by molar-refractivity contribution is 7.89. The van der Waals surface area contributed by atoms with Gasteiger partial charge in [0.2, 0.25) is 0 Å². The number of nitrogens with zero attached hydrogens (tertiary/aromatic N) is 3. The molecule has 108 valence electrons. The number of sulfonamides is 1. The maximum Gasteiger partial charge on any atom is 0.262 e. The standard InChI is InChI=1S/C12H16N4O3S/c1-15-8-14-11(13)12(15)20(18,19)16(2)7-9-4-3-5-10(17)6-9/h3-6,8,17H,7,13H2,1-2H3. The average Bonchev–Trinajstić information content (AvgIpc) is 2.69. The molecule has 0 unspecified atom stereocenters. The Hall–Kier alpha value is -2.06. The number of nitrogens with two attached hydrogens (primary N) is 1. The number of rotatable bonds is 4. The maximum atomic E-state index is 12.4. The largest absolute Gasteiger partial charge is 0.508 e. The molecule has 0 amide bonds. The highest BCUT2D eigenvalue weighted by Gasteiger charge is 2.27. The predicted molar refractivity (Wildman–Crippen MR) is 74.4 cm³/mol. The van der Waals surface area contributed by atoms with Crippen LogP contribution >= 0.6 is 0 Å². The minimum atomic E-state index is -3.74. The molecule has 0 atom stereocenters. The van der Waals surface area contributed by atoms with Crippen molar-refractivity contribution in [2.24, 2.45) is 7.05 Å². The van der Waals surface area contributed by atoms with Gasteiger partial charge in [0.1, 0.15) is 5.75 Å². The van der Waals surface area contributed by atoms with Crippen LogP contribution in [0.4, 0.5) is 5.82 Å². The van der Waals surface area contributed by atoms with E-state index in [2.05, 4.69) is 4.98 Å². The minimum Gasteiger partial charge on any atom is -0.508 e. The van der Waals surface area contributed by atoms with Crippen LogP contribution in [0.15, 0.2) is 35.6 Å². The summed E-state index contributed by atoms with van der Waals surface area (Å²) in [6.07, 6.45) is 1.35. The fourth-order valence-corrected chi connectivity index (χ4v) is 3.24. The van der Waals surface area contributed by atoms with Crippen LogP contribution in [0.25, 0.3) is 0 Å². The summed E-state index contributed by atoms with van der Waals surface area (Å²) in [4.78, 5) is 3.78. The van der Waals surface area contributed by atoms with Crippen molar-refractivity contribution in [2.75, 3.05) is 12.8 Å². The zero-order chi connectivity index (χ0) is 14.9. The van der Waals surface area contributed by atoms with E-state index in [9.17, 15) is 13.5 Å². The molecule has 2 aromatic rings. The van der Waals surface area contributed by atoms with Crippen molar-refractivity contribution in [3.63, 3.8) is 0 Å². The topological polar surface area (TPSA) is 101 Å². The second kappa shape index (κ2) is 5.14. The van der Waals surface area contributed by atoms with E-state index in [-0.39, 0.29) is 23.1 Å². The van der Waals surface area contributed by atoms with Crippen LogP contribution in [0, 0.1) is 0 Å². The zero-order valence-electron chi connectivity index (χ0n) is 11.2. The second-order valence-electron chi connectivity index (χ2n) is 4.48. The lowest BCUT2D eigenvalue weighted by molar-refractivity contribution is 0.454. The van der Waals surface area contributed by atoms with E-state index in [1.54, 1.807) is 19.2 Å². The first-order valence-corrected chi connectivity index (χ1v) is 7.27. The van der Waals surface area contributed by atoms with Gasteiger partial charge >= 0.3 is 0 Å². The molecule has 0 saturated heterocycles. The Kier molecular flexibility index (Phi) is 3.69. The molecule has 1 aromatic heterocycles. The number of hydrogen-bond donors (Lipinski definition) is 2. The number of aromatic hydroxyl groups is 1. The third-order valence-corrected chi connectivity index (χ3v) is 4.82. The minimum absolute atomic E-state index is 0.0322. The molecule has 8 heteroatoms. The van der Waals surface area contributed by atoms with Gasteiger partial charge in [-0.3, -0.25) is 0 Å². The third kappa shape index (κ3) is 2.61. The van der Waals surface area contributed by atoms with E-state index in [1.165, 1.54) is 30.1 Å². The fourth-order valence-electron chi connectivity index (χ4n) is 1.90. The molecule has 0 spiro atoms. The summed E-state index contributed by atoms with van der Waals surface area (Å²) in [5.41, 5.74) is 6.28. The lowest BCUT2D eigenvalue weighted by atomic mass is 10.2. The summed E-state index contributed by atoms with van der Waals surface area (Å²) >= 11 is 0. The Morgan fingerprint density at radius 3 is 2.70 bits per heavy atom. The number of phenolic OH excluding ortho intramolecular Hbond substituents is 1. The van der Waals surface area contributed by atoms with Gasteiger partial charge in [0.15, 0.2) is 10.8 Å². The average molecular weight is 296 g/mol. The Bertz CT molecular complexity index is 705. The molecular weight excluding hydrogens is 280 g/mol. The van der Waals surface area contributed by atoms with Crippen LogP contribution in [0.1, 0.15) is 5.56 Å². The number of hydrogen-bond acceptors (Lipinski definition) is 5. The van der Waals surface area contributed by atoms with Gasteiger partial charge in [-0.2, -0.15) is 4.31 Å². The number of aryl methyl sites for hydroxylation is 1. The SMILES string of the molecule is CN(Cc1cccc(O)c1)S(=O)(=O)c1c(N)ncn1C. The van der Waals surface area contributed by atoms with Crippen molar-refractivity contribution in [2.45, 2.75) is 11.6 Å². The van der Waals surface area contributed by atoms with Gasteiger partial charge in [-0.1, -0.05) is 12.1 Å². The Labute approximate surface area is 117 Å². The molecule has 20 heavy (non-hydrogen) atoms. The summed E-state index contributed by atoms with van der Waals surface area (Å²) < 4.78 is 27.4. The Morgan fingerprint density at radius 2 is 2.15 bits per heavy atom. The molecule has 0 fully saturated rings. The molecule has 0 radical (unpaired) electrons. The quantitative estimate of drug-likeness (QED) is 0.857. The van der Waals surface area contributed by atoms with Crippen LogP contribution in [-0.4, -0.2) is 34.4 Å². The molecule has 0 saturated carbocycles. The van der Waals surface area contributed by atoms with Gasteiger partial charge in [0.05, 0.1) is 6.33 Å². The maximum absolute atomic E-state index is 12.4. The molecule has 7 nitrogen and oxygen atoms in total. The predicted octanol–water partition coefficient (Wildman–Crippen LogP) is 0.529. The molecule has 3 N–H and O–H groups in total. The molecule has 0 aliphatic heterocycles. The number of phenols is 1. The van der Waals surface area contributed by atoms with Gasteiger partial charge in [-0.15, -0.1) is 0 Å². The summed E-state index contributed by atoms with van der Waals surface area (Å²) in [7, 11) is -0.723. The number of aromatic nitrogens is 2. The van der Waals surface area contributed by atoms with Crippen molar-refractivity contribution >= 4 is 15.8 Å². The van der Waals surface area contributed by atoms with Crippen molar-refractivity contribution in [1.82, 2.24) is 13.9 Å². The number of nitrogen functional groups attached to an aromatic ring is 1. The number of anilines is 1. The van der Waals surface area contributed by atoms with Crippen LogP contribution in [0.3, 0.4) is 0 Å². The first-order chi connectivity index (χ1) is 9.32. The van der Waals surface area contributed by atoms with Crippen molar-refractivity contribution < 1.29 is 13.5 Å². The highest BCUT2D eigenvalue weighted by Crippen LogP contribution is 2.21. The Balaban J connectivity index is 2.31. The third-order valence-electron chi connectivity index (χ3n) is 2.88. The molecule has 1 aromatic carbocycles. The van der Waals surface area contributed by atoms with Gasteiger partial charge in [-0.25, -0.2) is 13.4 Å². The lowest BCUT2D eigenvalue weighted by Crippen LogP contribution is -2.28. The van der Waals surface area contributed by atoms with Gasteiger partial charge in [0.25, 0.3) is 10.0 Å². The van der Waals surface area contributed by atoms with E-state index in [1.807, 2.05) is 0 Å². The summed E-state index contributed by atoms with van der Waals surface area (Å²) in [5.74, 6) is 0.0589. The van der Waals surface area contributed by atoms with Crippen molar-refractivity contribution in [3.8, 4) is 5.75 Å². The van der Waals surface area contributed by atoms with E-state index < -0.39 is 10.0 Å². The summed E-state index contributed by atoms with van der Waals surface area (Å²) in [6.45, 7) is 0.126. The van der Waals surface area contributed by atoms with Crippen molar-refractivity contribution in [3.05, 3.63) is 36.2 Å². The first kappa shape index (κ1) is 14.4. The molecular formula is C12H16N4O3S. The van der Waals surface area contributed by atoms with E-state index in [0.29, 0.717) is 5.56 Å². The normalized spacial score (nSPS) is 11.9. The summed E-state index contributed by atoms with van der Waals surface area (Å²) in [6, 6.07) is 6.43. The van der Waals surface area contributed by atoms with Crippen LogP contribution in [0.2, 0.25) is 0 Å². The molecule has 0 aliphatic rings. The molecule has 0 aliphatic carbocycles. The van der Waals surface area contributed by atoms with E-state index >= 15 is 0 Å². The Morgan fingerprint density at radius 1 is 1.45 bits per heavy atom. The molecule has 2 rings (SSSR count). The van der Waals surface area contributed by atoms with E-state index in [0.717, 1.165) is 4.31 Å². The summed E-state index contributed by atoms with van der Waals surface area (Å²) in [5, 5.41) is 9.36. The monoisotopic (exact) mass is 296 g/mol. The zero-order valence-corrected chi connectivity index (χ0v) is 12.0. The number of imidazole rings is 1. The second-order valence-corrected chi connectivity index (χ2v) is 6.44. The van der Waals surface area contributed by atoms with Gasteiger partial charge in [0, 0.05) is 20.6 Å². The van der Waals surface area contributed by atoms with Crippen LogP contribution in [-0.2, 0) is 23.6 Å². The molecule has 0 bridgehead atoms. The van der Waals surface area contributed by atoms with Gasteiger partial charge < -0.3 is 15.4 Å². The van der Waals surface area contributed by atoms with E-state index in [4.69, 9.17) is 5.73 Å². The number of benzene rings is 1.